The van der Waals surface area contributed by atoms with E-state index in [9.17, 15) is 0 Å². The molecule has 2 aromatic rings. The molecule has 0 aliphatic heterocycles. The first-order valence-corrected chi connectivity index (χ1v) is 9.05. The molecule has 0 radical (unpaired) electrons. The van der Waals surface area contributed by atoms with Gasteiger partial charge in [0.2, 0.25) is 0 Å². The molecule has 1 aromatic heterocycles. The normalized spacial score (nSPS) is 14.8. The quantitative estimate of drug-likeness (QED) is 0.703. The molecule has 24 heavy (non-hydrogen) atoms. The number of hydrogen-bond acceptors (Lipinski definition) is 3. The van der Waals surface area contributed by atoms with Crippen molar-refractivity contribution < 1.29 is 0 Å². The van der Waals surface area contributed by atoms with E-state index in [2.05, 4.69) is 92.3 Å². The maximum Gasteiger partial charge on any atom is 0.115 e. The molecule has 1 aliphatic rings. The number of allylic oxidation sites excluding steroid dienone is 5. The minimum atomic E-state index is 0.0386. The zero-order valence-corrected chi connectivity index (χ0v) is 15.9. The molecular weight excluding hydrogens is 314 g/mol. The van der Waals surface area contributed by atoms with Crippen LogP contribution in [0.5, 0.6) is 0 Å². The van der Waals surface area contributed by atoms with Crippen molar-refractivity contribution in [3.05, 3.63) is 59.3 Å². The molecule has 1 aromatic carbocycles. The summed E-state index contributed by atoms with van der Waals surface area (Å²) in [5.41, 5.74) is 3.43. The van der Waals surface area contributed by atoms with Gasteiger partial charge in [-0.25, -0.2) is 4.98 Å². The Morgan fingerprint density at radius 1 is 1.21 bits per heavy atom. The highest BCUT2D eigenvalue weighted by atomic mass is 32.2. The molecule has 0 N–H and O–H groups in total. The molecule has 3 nitrogen and oxygen atoms in total. The number of nitrogens with zero attached hydrogens (tertiary/aromatic N) is 3. The van der Waals surface area contributed by atoms with Crippen LogP contribution in [0.3, 0.4) is 0 Å². The molecule has 0 atom stereocenters. The smallest absolute Gasteiger partial charge is 0.115 e. The van der Waals surface area contributed by atoms with E-state index in [-0.39, 0.29) is 5.41 Å². The average molecular weight is 340 g/mol. The summed E-state index contributed by atoms with van der Waals surface area (Å²) in [6, 6.07) is 6.51. The third-order valence-electron chi connectivity index (χ3n) is 4.09. The zero-order valence-electron chi connectivity index (χ0n) is 15.1. The van der Waals surface area contributed by atoms with E-state index in [4.69, 9.17) is 4.98 Å². The highest BCUT2D eigenvalue weighted by molar-refractivity contribution is 8.04. The Morgan fingerprint density at radius 2 is 2.00 bits per heavy atom. The van der Waals surface area contributed by atoms with E-state index in [0.717, 1.165) is 23.4 Å². The van der Waals surface area contributed by atoms with Gasteiger partial charge in [0.25, 0.3) is 0 Å². The summed E-state index contributed by atoms with van der Waals surface area (Å²) in [6.45, 7) is 6.61. The maximum absolute atomic E-state index is 4.88. The van der Waals surface area contributed by atoms with E-state index in [0.29, 0.717) is 0 Å². The summed E-state index contributed by atoms with van der Waals surface area (Å²) in [6.07, 6.45) is 11.8. The lowest BCUT2D eigenvalue weighted by Crippen LogP contribution is -2.17. The lowest BCUT2D eigenvalue weighted by molar-refractivity contribution is 0.526. The molecule has 0 saturated heterocycles. The largest absolute Gasteiger partial charge is 0.331 e. The van der Waals surface area contributed by atoms with E-state index in [1.807, 2.05) is 0 Å². The minimum absolute atomic E-state index is 0.0386. The second kappa shape index (κ2) is 6.52. The molecule has 1 heterocycles. The van der Waals surface area contributed by atoms with Crippen molar-refractivity contribution in [3.8, 4) is 0 Å². The molecule has 1 aliphatic carbocycles. The van der Waals surface area contributed by atoms with E-state index < -0.39 is 0 Å². The fraction of sp³-hybridized carbons (Fsp3) is 0.350. The van der Waals surface area contributed by atoms with Gasteiger partial charge in [-0.1, -0.05) is 45.1 Å². The van der Waals surface area contributed by atoms with Crippen molar-refractivity contribution in [2.75, 3.05) is 11.4 Å². The number of fused-ring (bicyclic) bond motifs is 1. The molecule has 0 spiro atoms. The minimum Gasteiger partial charge on any atom is -0.331 e. The highest BCUT2D eigenvalue weighted by Crippen LogP contribution is 2.32. The Labute approximate surface area is 148 Å². The fourth-order valence-electron chi connectivity index (χ4n) is 2.89. The monoisotopic (exact) mass is 339 g/mol. The summed E-state index contributed by atoms with van der Waals surface area (Å²) in [5.74, 6) is 1.12. The Bertz CT molecular complexity index is 834. The molecule has 4 heteroatoms. The third-order valence-corrected chi connectivity index (χ3v) is 5.06. The highest BCUT2D eigenvalue weighted by Gasteiger charge is 2.21. The van der Waals surface area contributed by atoms with Crippen LogP contribution in [0, 0.1) is 0 Å². The maximum atomic E-state index is 4.88. The second-order valence-corrected chi connectivity index (χ2v) is 8.34. The van der Waals surface area contributed by atoms with Crippen molar-refractivity contribution >= 4 is 28.7 Å². The van der Waals surface area contributed by atoms with Gasteiger partial charge in [0.1, 0.15) is 5.82 Å². The average Bonchev–Trinajstić information content (AvgIpc) is 2.70. The number of rotatable bonds is 3. The molecule has 0 amide bonds. The molecule has 3 rings (SSSR count). The van der Waals surface area contributed by atoms with Gasteiger partial charge < -0.3 is 8.87 Å². The molecule has 0 unspecified atom stereocenters. The number of benzene rings is 1. The predicted octanol–water partition coefficient (Wildman–Crippen LogP) is 5.36. The van der Waals surface area contributed by atoms with Gasteiger partial charge in [0, 0.05) is 30.1 Å². The third kappa shape index (κ3) is 3.44. The standard InChI is InChI=1S/C20H25N3S/c1-20(2,3)19-21-17-14-15(12-13-18(17)22(19)4)23(5)24-16-10-8-6-7-9-11-16/h6,8-14H,7H2,1-5H3. The summed E-state index contributed by atoms with van der Waals surface area (Å²) in [4.78, 5) is 6.11. The predicted molar refractivity (Wildman–Crippen MR) is 106 cm³/mol. The summed E-state index contributed by atoms with van der Waals surface area (Å²) in [5, 5.41) is 0. The van der Waals surface area contributed by atoms with E-state index in [1.165, 1.54) is 10.4 Å². The molecule has 0 bridgehead atoms. The van der Waals surface area contributed by atoms with Gasteiger partial charge in [0.15, 0.2) is 0 Å². The van der Waals surface area contributed by atoms with Crippen LogP contribution in [-0.4, -0.2) is 16.6 Å². The van der Waals surface area contributed by atoms with Gasteiger partial charge in [0.05, 0.1) is 11.0 Å². The van der Waals surface area contributed by atoms with Crippen molar-refractivity contribution in [3.63, 3.8) is 0 Å². The Balaban J connectivity index is 1.90. The van der Waals surface area contributed by atoms with Gasteiger partial charge in [-0.3, -0.25) is 0 Å². The Kier molecular flexibility index (Phi) is 4.59. The first-order valence-electron chi connectivity index (χ1n) is 8.28. The summed E-state index contributed by atoms with van der Waals surface area (Å²) in [7, 11) is 4.20. The van der Waals surface area contributed by atoms with Gasteiger partial charge in [-0.2, -0.15) is 0 Å². The van der Waals surface area contributed by atoms with Crippen LogP contribution in [0.25, 0.3) is 11.0 Å². The summed E-state index contributed by atoms with van der Waals surface area (Å²) < 4.78 is 4.40. The second-order valence-electron chi connectivity index (χ2n) is 7.14. The van der Waals surface area contributed by atoms with E-state index in [1.54, 1.807) is 11.9 Å². The van der Waals surface area contributed by atoms with Crippen LogP contribution < -0.4 is 4.31 Å². The van der Waals surface area contributed by atoms with Gasteiger partial charge in [-0.15, -0.1) is 0 Å². The lowest BCUT2D eigenvalue weighted by atomic mass is 9.96. The summed E-state index contributed by atoms with van der Waals surface area (Å²) >= 11 is 1.73. The first kappa shape index (κ1) is 16.9. The Hall–Kier alpha value is -1.94. The topological polar surface area (TPSA) is 21.1 Å². The van der Waals surface area contributed by atoms with Crippen LogP contribution in [0.4, 0.5) is 5.69 Å². The molecular formula is C20H25N3S. The molecule has 126 valence electrons. The number of aryl methyl sites for hydroxylation is 1. The van der Waals surface area contributed by atoms with Crippen molar-refractivity contribution in [2.24, 2.45) is 7.05 Å². The van der Waals surface area contributed by atoms with Crippen LogP contribution >= 0.6 is 11.9 Å². The number of hydrogen-bond donors (Lipinski definition) is 0. The van der Waals surface area contributed by atoms with Crippen LogP contribution in [-0.2, 0) is 12.5 Å². The van der Waals surface area contributed by atoms with Crippen LogP contribution in [0.2, 0.25) is 0 Å². The van der Waals surface area contributed by atoms with Gasteiger partial charge >= 0.3 is 0 Å². The Morgan fingerprint density at radius 3 is 2.75 bits per heavy atom. The molecule has 0 saturated carbocycles. The SMILES string of the molecule is CN(SC1=CC=CCC=C1)c1ccc2c(c1)nc(C(C)(C)C)n2C. The number of imidazole rings is 1. The van der Waals surface area contributed by atoms with Crippen LogP contribution in [0.1, 0.15) is 33.0 Å². The van der Waals surface area contributed by atoms with Crippen molar-refractivity contribution in [1.82, 2.24) is 9.55 Å². The number of anilines is 1. The zero-order chi connectivity index (χ0) is 17.3. The first-order chi connectivity index (χ1) is 11.4. The lowest BCUT2D eigenvalue weighted by Gasteiger charge is -2.18. The van der Waals surface area contributed by atoms with Crippen LogP contribution in [0.15, 0.2) is 53.5 Å². The van der Waals surface area contributed by atoms with Crippen molar-refractivity contribution in [2.45, 2.75) is 32.6 Å². The van der Waals surface area contributed by atoms with Gasteiger partial charge in [-0.05, 0) is 42.6 Å². The number of aromatic nitrogens is 2. The molecule has 0 fully saturated rings. The van der Waals surface area contributed by atoms with E-state index >= 15 is 0 Å². The van der Waals surface area contributed by atoms with Crippen molar-refractivity contribution in [1.29, 1.82) is 0 Å². The fourth-order valence-corrected chi connectivity index (χ4v) is 3.72.